The molecule has 1 rings (SSSR count). The van der Waals surface area contributed by atoms with Crippen LogP contribution in [-0.2, 0) is 11.3 Å². The van der Waals surface area contributed by atoms with Gasteiger partial charge in [0.1, 0.15) is 5.82 Å². The molecule has 0 saturated heterocycles. The number of carbonyl (C=O) groups is 1. The molecule has 0 bridgehead atoms. The average Bonchev–Trinajstić information content (AvgIpc) is 2.31. The molecule has 1 aromatic carbocycles. The van der Waals surface area contributed by atoms with Crippen molar-refractivity contribution in [3.05, 3.63) is 35.6 Å². The van der Waals surface area contributed by atoms with E-state index < -0.39 is 6.09 Å². The van der Waals surface area contributed by atoms with Crippen LogP contribution in [0.1, 0.15) is 12.5 Å². The van der Waals surface area contributed by atoms with Gasteiger partial charge in [-0.05, 0) is 13.0 Å². The van der Waals surface area contributed by atoms with Gasteiger partial charge in [0.15, 0.2) is 0 Å². The summed E-state index contributed by atoms with van der Waals surface area (Å²) in [5, 5.41) is 0. The van der Waals surface area contributed by atoms with Crippen molar-refractivity contribution in [2.75, 3.05) is 19.7 Å². The highest BCUT2D eigenvalue weighted by Crippen LogP contribution is 2.10. The Balaban J connectivity index is 2.73. The quantitative estimate of drug-likeness (QED) is 0.853. The van der Waals surface area contributed by atoms with E-state index in [1.807, 2.05) is 0 Å². The molecule has 0 aliphatic carbocycles. The zero-order chi connectivity index (χ0) is 12.7. The summed E-state index contributed by atoms with van der Waals surface area (Å²) in [7, 11) is 0. The molecule has 2 N–H and O–H groups in total. The van der Waals surface area contributed by atoms with Crippen molar-refractivity contribution in [2.45, 2.75) is 13.5 Å². The summed E-state index contributed by atoms with van der Waals surface area (Å²) in [5.41, 5.74) is 5.86. The molecule has 0 unspecified atom stereocenters. The summed E-state index contributed by atoms with van der Waals surface area (Å²) in [4.78, 5) is 13.0. The second-order valence-electron chi connectivity index (χ2n) is 3.50. The Kier molecular flexibility index (Phi) is 5.42. The molecule has 4 nitrogen and oxygen atoms in total. The SMILES string of the molecule is CCOC(=O)N(CCN)Cc1ccccc1F. The molecule has 0 saturated carbocycles. The van der Waals surface area contributed by atoms with Gasteiger partial charge in [0.25, 0.3) is 0 Å². The Morgan fingerprint density at radius 1 is 1.47 bits per heavy atom. The Morgan fingerprint density at radius 2 is 2.18 bits per heavy atom. The van der Waals surface area contributed by atoms with E-state index in [1.54, 1.807) is 25.1 Å². The number of benzene rings is 1. The Labute approximate surface area is 100 Å². The van der Waals surface area contributed by atoms with Gasteiger partial charge in [0.05, 0.1) is 13.2 Å². The van der Waals surface area contributed by atoms with Gasteiger partial charge in [-0.2, -0.15) is 0 Å². The lowest BCUT2D eigenvalue weighted by atomic mass is 10.2. The molecule has 0 fully saturated rings. The third kappa shape index (κ3) is 4.03. The number of hydrogen-bond donors (Lipinski definition) is 1. The number of nitrogens with zero attached hydrogens (tertiary/aromatic N) is 1. The molecule has 0 aromatic heterocycles. The molecule has 0 aliphatic rings. The number of carbonyl (C=O) groups excluding carboxylic acids is 1. The highest BCUT2D eigenvalue weighted by molar-refractivity contribution is 5.67. The molecule has 1 amide bonds. The number of hydrogen-bond acceptors (Lipinski definition) is 3. The molecule has 5 heteroatoms. The zero-order valence-corrected chi connectivity index (χ0v) is 9.86. The van der Waals surface area contributed by atoms with E-state index in [0.717, 1.165) is 0 Å². The van der Waals surface area contributed by atoms with Crippen molar-refractivity contribution < 1.29 is 13.9 Å². The van der Waals surface area contributed by atoms with Gasteiger partial charge >= 0.3 is 6.09 Å². The summed E-state index contributed by atoms with van der Waals surface area (Å²) in [6, 6.07) is 6.33. The lowest BCUT2D eigenvalue weighted by Crippen LogP contribution is -2.35. The maximum absolute atomic E-state index is 13.4. The van der Waals surface area contributed by atoms with Crippen LogP contribution in [0.25, 0.3) is 0 Å². The highest BCUT2D eigenvalue weighted by Gasteiger charge is 2.15. The Hall–Kier alpha value is -1.62. The normalized spacial score (nSPS) is 10.1. The standard InChI is InChI=1S/C12H17FN2O2/c1-2-17-12(16)15(8-7-14)9-10-5-3-4-6-11(10)13/h3-6H,2,7-9,14H2,1H3. The van der Waals surface area contributed by atoms with Crippen LogP contribution in [0.15, 0.2) is 24.3 Å². The van der Waals surface area contributed by atoms with E-state index in [-0.39, 0.29) is 19.0 Å². The summed E-state index contributed by atoms with van der Waals surface area (Å²) in [6.07, 6.45) is -0.471. The summed E-state index contributed by atoms with van der Waals surface area (Å²) >= 11 is 0. The number of amides is 1. The number of nitrogens with two attached hydrogens (primary N) is 1. The fraction of sp³-hybridized carbons (Fsp3) is 0.417. The van der Waals surface area contributed by atoms with Gasteiger partial charge in [0, 0.05) is 18.7 Å². The van der Waals surface area contributed by atoms with E-state index >= 15 is 0 Å². The monoisotopic (exact) mass is 240 g/mol. The second-order valence-corrected chi connectivity index (χ2v) is 3.50. The molecule has 94 valence electrons. The average molecular weight is 240 g/mol. The first-order chi connectivity index (χ1) is 8.19. The molecule has 17 heavy (non-hydrogen) atoms. The van der Waals surface area contributed by atoms with Gasteiger partial charge in [-0.25, -0.2) is 9.18 Å². The topological polar surface area (TPSA) is 55.6 Å². The van der Waals surface area contributed by atoms with Crippen molar-refractivity contribution in [1.82, 2.24) is 4.90 Å². The van der Waals surface area contributed by atoms with Crippen LogP contribution in [0.4, 0.5) is 9.18 Å². The van der Waals surface area contributed by atoms with Crippen LogP contribution in [0.2, 0.25) is 0 Å². The predicted molar refractivity (Wildman–Crippen MR) is 62.9 cm³/mol. The minimum Gasteiger partial charge on any atom is -0.450 e. The minimum atomic E-state index is -0.471. The Bertz CT molecular complexity index is 371. The lowest BCUT2D eigenvalue weighted by molar-refractivity contribution is 0.105. The maximum Gasteiger partial charge on any atom is 0.410 e. The van der Waals surface area contributed by atoms with Gasteiger partial charge in [-0.15, -0.1) is 0 Å². The smallest absolute Gasteiger partial charge is 0.410 e. The molecule has 0 radical (unpaired) electrons. The van der Waals surface area contributed by atoms with Crippen molar-refractivity contribution >= 4 is 6.09 Å². The summed E-state index contributed by atoms with van der Waals surface area (Å²) in [5.74, 6) is -0.334. The van der Waals surface area contributed by atoms with Gasteiger partial charge in [-0.3, -0.25) is 0 Å². The molecular formula is C12H17FN2O2. The zero-order valence-electron chi connectivity index (χ0n) is 9.86. The molecule has 0 heterocycles. The van der Waals surface area contributed by atoms with Crippen molar-refractivity contribution in [3.8, 4) is 0 Å². The molecule has 1 aromatic rings. The first kappa shape index (κ1) is 13.4. The molecule has 0 aliphatic heterocycles. The van der Waals surface area contributed by atoms with E-state index in [2.05, 4.69) is 0 Å². The van der Waals surface area contributed by atoms with Crippen molar-refractivity contribution in [1.29, 1.82) is 0 Å². The third-order valence-corrected chi connectivity index (χ3v) is 2.24. The largest absolute Gasteiger partial charge is 0.450 e. The fourth-order valence-electron chi connectivity index (χ4n) is 1.44. The van der Waals surface area contributed by atoms with Crippen LogP contribution in [0.5, 0.6) is 0 Å². The van der Waals surface area contributed by atoms with Gasteiger partial charge in [0.2, 0.25) is 0 Å². The molecule has 0 spiro atoms. The first-order valence-electron chi connectivity index (χ1n) is 5.54. The number of rotatable bonds is 5. The minimum absolute atomic E-state index is 0.169. The van der Waals surface area contributed by atoms with E-state index in [4.69, 9.17) is 10.5 Å². The maximum atomic E-state index is 13.4. The van der Waals surface area contributed by atoms with E-state index in [9.17, 15) is 9.18 Å². The van der Waals surface area contributed by atoms with Crippen LogP contribution < -0.4 is 5.73 Å². The van der Waals surface area contributed by atoms with Crippen LogP contribution >= 0.6 is 0 Å². The van der Waals surface area contributed by atoms with Crippen molar-refractivity contribution in [2.24, 2.45) is 5.73 Å². The second kappa shape index (κ2) is 6.85. The summed E-state index contributed by atoms with van der Waals surface area (Å²) in [6.45, 7) is 2.84. The number of halogens is 1. The van der Waals surface area contributed by atoms with Crippen LogP contribution in [0.3, 0.4) is 0 Å². The fourth-order valence-corrected chi connectivity index (χ4v) is 1.44. The van der Waals surface area contributed by atoms with Gasteiger partial charge < -0.3 is 15.4 Å². The molecular weight excluding hydrogens is 223 g/mol. The van der Waals surface area contributed by atoms with Crippen LogP contribution in [-0.4, -0.2) is 30.7 Å². The lowest BCUT2D eigenvalue weighted by Gasteiger charge is -2.21. The highest BCUT2D eigenvalue weighted by atomic mass is 19.1. The molecule has 0 atom stereocenters. The van der Waals surface area contributed by atoms with E-state index in [0.29, 0.717) is 18.7 Å². The first-order valence-corrected chi connectivity index (χ1v) is 5.54. The third-order valence-electron chi connectivity index (χ3n) is 2.24. The predicted octanol–water partition coefficient (Wildman–Crippen LogP) is 1.74. The van der Waals surface area contributed by atoms with E-state index in [1.165, 1.54) is 11.0 Å². The van der Waals surface area contributed by atoms with Crippen LogP contribution in [0, 0.1) is 5.82 Å². The number of ether oxygens (including phenoxy) is 1. The Morgan fingerprint density at radius 3 is 2.76 bits per heavy atom. The summed E-state index contributed by atoms with van der Waals surface area (Å²) < 4.78 is 18.3. The van der Waals surface area contributed by atoms with Crippen molar-refractivity contribution in [3.63, 3.8) is 0 Å². The van der Waals surface area contributed by atoms with Gasteiger partial charge in [-0.1, -0.05) is 18.2 Å².